The molecule has 1 N–H and O–H groups in total. The summed E-state index contributed by atoms with van der Waals surface area (Å²) in [5.41, 5.74) is 1.19. The lowest BCUT2D eigenvalue weighted by molar-refractivity contribution is 0.0518. The van der Waals surface area contributed by atoms with Gasteiger partial charge in [-0.3, -0.25) is 4.79 Å². The van der Waals surface area contributed by atoms with Gasteiger partial charge in [0, 0.05) is 10.9 Å². The summed E-state index contributed by atoms with van der Waals surface area (Å²) in [4.78, 5) is 26.1. The maximum Gasteiger partial charge on any atom is 0.355 e. The molecular weight excluding hydrogens is 270 g/mol. The van der Waals surface area contributed by atoms with Crippen LogP contribution in [-0.2, 0) is 4.74 Å². The Morgan fingerprint density at radius 3 is 2.76 bits per heavy atom. The third-order valence-corrected chi connectivity index (χ3v) is 2.99. The summed E-state index contributed by atoms with van der Waals surface area (Å²) in [6.45, 7) is 6.69. The molecule has 1 heterocycles. The number of ether oxygens (including phenoxy) is 2. The molecule has 0 aliphatic rings. The van der Waals surface area contributed by atoms with E-state index < -0.39 is 5.97 Å². The molecule has 5 heteroatoms. The van der Waals surface area contributed by atoms with E-state index in [0.717, 1.165) is 0 Å². The van der Waals surface area contributed by atoms with Gasteiger partial charge in [0.2, 0.25) is 0 Å². The maximum absolute atomic E-state index is 11.9. The zero-order valence-corrected chi connectivity index (χ0v) is 12.4. The van der Waals surface area contributed by atoms with Crippen molar-refractivity contribution < 1.29 is 19.1 Å². The average molecular weight is 289 g/mol. The quantitative estimate of drug-likeness (QED) is 0.655. The molecule has 0 unspecified atom stereocenters. The monoisotopic (exact) mass is 289 g/mol. The summed E-state index contributed by atoms with van der Waals surface area (Å²) >= 11 is 0. The maximum atomic E-state index is 11.9. The van der Waals surface area contributed by atoms with E-state index in [1.807, 2.05) is 6.07 Å². The van der Waals surface area contributed by atoms with Crippen molar-refractivity contribution in [2.75, 3.05) is 13.2 Å². The molecule has 0 saturated carbocycles. The molecule has 1 aromatic heterocycles. The molecule has 0 amide bonds. The van der Waals surface area contributed by atoms with E-state index in [1.54, 1.807) is 19.1 Å². The Bertz CT molecular complexity index is 658. The Labute approximate surface area is 123 Å². The van der Waals surface area contributed by atoms with Gasteiger partial charge in [-0.2, -0.15) is 0 Å². The van der Waals surface area contributed by atoms with E-state index in [-0.39, 0.29) is 12.3 Å². The van der Waals surface area contributed by atoms with Crippen molar-refractivity contribution in [3.63, 3.8) is 0 Å². The van der Waals surface area contributed by atoms with Crippen molar-refractivity contribution in [3.8, 4) is 5.75 Å². The number of carbonyl (C=O) groups is 2. The van der Waals surface area contributed by atoms with Crippen molar-refractivity contribution in [3.05, 3.63) is 29.5 Å². The zero-order valence-electron chi connectivity index (χ0n) is 12.4. The number of aromatic amines is 1. The number of carbonyl (C=O) groups excluding carboxylic acids is 2. The molecule has 0 bridgehead atoms. The number of aldehydes is 1. The Hall–Kier alpha value is -2.30. The van der Waals surface area contributed by atoms with Crippen LogP contribution in [0.4, 0.5) is 0 Å². The van der Waals surface area contributed by atoms with Crippen molar-refractivity contribution in [1.82, 2.24) is 4.98 Å². The number of esters is 1. The molecule has 0 saturated heterocycles. The Balaban J connectivity index is 2.41. The van der Waals surface area contributed by atoms with E-state index in [4.69, 9.17) is 9.47 Å². The summed E-state index contributed by atoms with van der Waals surface area (Å²) in [7, 11) is 0. The minimum atomic E-state index is -0.527. The summed E-state index contributed by atoms with van der Waals surface area (Å²) in [6, 6.07) is 5.37. The van der Waals surface area contributed by atoms with Gasteiger partial charge in [-0.1, -0.05) is 13.8 Å². The fourth-order valence-corrected chi connectivity index (χ4v) is 2.03. The van der Waals surface area contributed by atoms with Crippen molar-refractivity contribution in [1.29, 1.82) is 0 Å². The highest BCUT2D eigenvalue weighted by molar-refractivity contribution is 6.08. The van der Waals surface area contributed by atoms with Crippen LogP contribution in [0.25, 0.3) is 10.9 Å². The standard InChI is InChI=1S/C16H19NO4/c1-4-20-16(19)15-13(8-18)12-7-11(21-9-10(2)3)5-6-14(12)17-15/h5-8,10,17H,4,9H2,1-3H3. The second-order valence-corrected chi connectivity index (χ2v) is 5.16. The van der Waals surface area contributed by atoms with E-state index in [1.165, 1.54) is 0 Å². The molecule has 0 aliphatic heterocycles. The molecule has 0 atom stereocenters. The smallest absolute Gasteiger partial charge is 0.355 e. The fraction of sp³-hybridized carbons (Fsp3) is 0.375. The van der Waals surface area contributed by atoms with Crippen LogP contribution < -0.4 is 4.74 Å². The SMILES string of the molecule is CCOC(=O)c1[nH]c2ccc(OCC(C)C)cc2c1C=O. The van der Waals surface area contributed by atoms with Crippen LogP contribution in [0.15, 0.2) is 18.2 Å². The van der Waals surface area contributed by atoms with E-state index >= 15 is 0 Å². The normalized spacial score (nSPS) is 10.9. The number of hydrogen-bond donors (Lipinski definition) is 1. The van der Waals surface area contributed by atoms with Crippen LogP contribution in [0.3, 0.4) is 0 Å². The molecule has 5 nitrogen and oxygen atoms in total. The topological polar surface area (TPSA) is 68.4 Å². The Morgan fingerprint density at radius 2 is 2.14 bits per heavy atom. The molecule has 112 valence electrons. The minimum Gasteiger partial charge on any atom is -0.493 e. The highest BCUT2D eigenvalue weighted by Gasteiger charge is 2.18. The number of H-pyrrole nitrogens is 1. The summed E-state index contributed by atoms with van der Waals surface area (Å²) in [5.74, 6) is 0.557. The largest absolute Gasteiger partial charge is 0.493 e. The van der Waals surface area contributed by atoms with Crippen LogP contribution in [-0.4, -0.2) is 30.5 Å². The van der Waals surface area contributed by atoms with E-state index in [0.29, 0.717) is 41.0 Å². The minimum absolute atomic E-state index is 0.183. The van der Waals surface area contributed by atoms with E-state index in [9.17, 15) is 9.59 Å². The Morgan fingerprint density at radius 1 is 1.38 bits per heavy atom. The van der Waals surface area contributed by atoms with Gasteiger partial charge in [0.25, 0.3) is 0 Å². The first-order chi connectivity index (χ1) is 10.1. The molecular formula is C16H19NO4. The molecule has 0 fully saturated rings. The molecule has 0 spiro atoms. The number of aromatic nitrogens is 1. The van der Waals surface area contributed by atoms with Gasteiger partial charge in [0.05, 0.1) is 18.8 Å². The lowest BCUT2D eigenvalue weighted by atomic mass is 10.1. The number of rotatable bonds is 6. The number of nitrogens with one attached hydrogen (secondary N) is 1. The highest BCUT2D eigenvalue weighted by Crippen LogP contribution is 2.26. The first-order valence-corrected chi connectivity index (χ1v) is 6.97. The third-order valence-electron chi connectivity index (χ3n) is 2.99. The van der Waals surface area contributed by atoms with Crippen molar-refractivity contribution in [2.24, 2.45) is 5.92 Å². The molecule has 2 aromatic rings. The van der Waals surface area contributed by atoms with Gasteiger partial charge < -0.3 is 14.5 Å². The second kappa shape index (κ2) is 6.43. The Kier molecular flexibility index (Phi) is 4.62. The summed E-state index contributed by atoms with van der Waals surface area (Å²) < 4.78 is 10.6. The van der Waals surface area contributed by atoms with Gasteiger partial charge in [-0.25, -0.2) is 4.79 Å². The van der Waals surface area contributed by atoms with Crippen LogP contribution in [0.5, 0.6) is 5.75 Å². The van der Waals surface area contributed by atoms with Gasteiger partial charge in [0.1, 0.15) is 11.4 Å². The van der Waals surface area contributed by atoms with Crippen molar-refractivity contribution >= 4 is 23.2 Å². The fourth-order valence-electron chi connectivity index (χ4n) is 2.03. The van der Waals surface area contributed by atoms with Crippen LogP contribution in [0.1, 0.15) is 41.6 Å². The lowest BCUT2D eigenvalue weighted by Crippen LogP contribution is -2.07. The number of hydrogen-bond acceptors (Lipinski definition) is 4. The molecule has 21 heavy (non-hydrogen) atoms. The molecule has 0 radical (unpaired) electrons. The first kappa shape index (κ1) is 15.1. The average Bonchev–Trinajstić information content (AvgIpc) is 2.83. The molecule has 0 aliphatic carbocycles. The number of fused-ring (bicyclic) bond motifs is 1. The highest BCUT2D eigenvalue weighted by atomic mass is 16.5. The van der Waals surface area contributed by atoms with Gasteiger partial charge in [-0.15, -0.1) is 0 Å². The first-order valence-electron chi connectivity index (χ1n) is 6.97. The molecule has 1 aromatic carbocycles. The van der Waals surface area contributed by atoms with Crippen molar-refractivity contribution in [2.45, 2.75) is 20.8 Å². The summed E-state index contributed by atoms with van der Waals surface area (Å²) in [6.07, 6.45) is 0.664. The van der Waals surface area contributed by atoms with Gasteiger partial charge in [0.15, 0.2) is 6.29 Å². The van der Waals surface area contributed by atoms with Crippen LogP contribution in [0.2, 0.25) is 0 Å². The van der Waals surface area contributed by atoms with Crippen LogP contribution >= 0.6 is 0 Å². The predicted molar refractivity (Wildman–Crippen MR) is 80.0 cm³/mol. The molecule has 2 rings (SSSR count). The zero-order chi connectivity index (χ0) is 15.4. The van der Waals surface area contributed by atoms with Gasteiger partial charge >= 0.3 is 5.97 Å². The van der Waals surface area contributed by atoms with Crippen LogP contribution in [0, 0.1) is 5.92 Å². The van der Waals surface area contributed by atoms with Gasteiger partial charge in [-0.05, 0) is 31.0 Å². The second-order valence-electron chi connectivity index (χ2n) is 5.16. The number of benzene rings is 1. The lowest BCUT2D eigenvalue weighted by Gasteiger charge is -2.08. The summed E-state index contributed by atoms with van der Waals surface area (Å²) in [5, 5.41) is 0.661. The van der Waals surface area contributed by atoms with E-state index in [2.05, 4.69) is 18.8 Å². The predicted octanol–water partition coefficient (Wildman–Crippen LogP) is 3.19. The third kappa shape index (κ3) is 3.24.